The van der Waals surface area contributed by atoms with Crippen molar-refractivity contribution in [1.82, 2.24) is 4.90 Å². The third-order valence-electron chi connectivity index (χ3n) is 2.89. The van der Waals surface area contributed by atoms with Crippen molar-refractivity contribution in [2.75, 3.05) is 13.1 Å². The van der Waals surface area contributed by atoms with E-state index < -0.39 is 5.60 Å². The van der Waals surface area contributed by atoms with Crippen LogP contribution in [0.15, 0.2) is 12.2 Å². The normalized spacial score (nSPS) is 28.1. The molecule has 0 spiro atoms. The molecule has 2 rings (SSSR count). The molecule has 0 aromatic heterocycles. The van der Waals surface area contributed by atoms with Gasteiger partial charge in [0.05, 0.1) is 6.54 Å². The van der Waals surface area contributed by atoms with Crippen LogP contribution in [0.4, 0.5) is 4.79 Å². The molecular weight excluding hydrogens is 222 g/mol. The first-order valence-electron chi connectivity index (χ1n) is 5.65. The van der Waals surface area contributed by atoms with Crippen LogP contribution in [-0.4, -0.2) is 41.8 Å². The van der Waals surface area contributed by atoms with Gasteiger partial charge in [-0.25, -0.2) is 9.59 Å². The van der Waals surface area contributed by atoms with Crippen LogP contribution in [0.25, 0.3) is 0 Å². The Morgan fingerprint density at radius 1 is 1.47 bits per heavy atom. The van der Waals surface area contributed by atoms with E-state index in [1.807, 2.05) is 20.8 Å². The first kappa shape index (κ1) is 12.0. The van der Waals surface area contributed by atoms with E-state index in [-0.39, 0.29) is 24.1 Å². The molecule has 0 aromatic rings. The average molecular weight is 239 g/mol. The Balaban J connectivity index is 1.98. The molecule has 17 heavy (non-hydrogen) atoms. The average Bonchev–Trinajstić information content (AvgIpc) is 2.66. The maximum Gasteiger partial charge on any atom is 0.410 e. The zero-order valence-corrected chi connectivity index (χ0v) is 10.4. The predicted octanol–water partition coefficient (Wildman–Crippen LogP) is 1.33. The second kappa shape index (κ2) is 3.75. The molecule has 0 bridgehead atoms. The lowest BCUT2D eigenvalue weighted by atomic mass is 10.0. The first-order valence-corrected chi connectivity index (χ1v) is 5.65. The second-order valence-electron chi connectivity index (χ2n) is 5.46. The molecule has 5 nitrogen and oxygen atoms in total. The topological polar surface area (TPSA) is 55.8 Å². The smallest absolute Gasteiger partial charge is 0.410 e. The van der Waals surface area contributed by atoms with Gasteiger partial charge >= 0.3 is 12.1 Å². The number of esters is 1. The van der Waals surface area contributed by atoms with Gasteiger partial charge in [-0.15, -0.1) is 0 Å². The van der Waals surface area contributed by atoms with Gasteiger partial charge in [-0.3, -0.25) is 0 Å². The van der Waals surface area contributed by atoms with Crippen molar-refractivity contribution in [3.05, 3.63) is 12.2 Å². The van der Waals surface area contributed by atoms with Gasteiger partial charge < -0.3 is 14.4 Å². The van der Waals surface area contributed by atoms with E-state index in [0.717, 1.165) is 0 Å². The molecule has 2 saturated heterocycles. The van der Waals surface area contributed by atoms with E-state index in [9.17, 15) is 9.59 Å². The molecule has 2 aliphatic rings. The summed E-state index contributed by atoms with van der Waals surface area (Å²) in [4.78, 5) is 24.6. The zero-order chi connectivity index (χ0) is 12.8. The van der Waals surface area contributed by atoms with Crippen LogP contribution < -0.4 is 0 Å². The van der Waals surface area contributed by atoms with Gasteiger partial charge in [-0.2, -0.15) is 0 Å². The second-order valence-corrected chi connectivity index (χ2v) is 5.46. The molecule has 1 amide bonds. The molecule has 5 heteroatoms. The van der Waals surface area contributed by atoms with Gasteiger partial charge in [0.25, 0.3) is 0 Å². The molecule has 0 saturated carbocycles. The van der Waals surface area contributed by atoms with Crippen LogP contribution in [0.1, 0.15) is 20.8 Å². The third kappa shape index (κ3) is 2.28. The van der Waals surface area contributed by atoms with Gasteiger partial charge in [0.15, 0.2) is 0 Å². The Kier molecular flexibility index (Phi) is 2.64. The van der Waals surface area contributed by atoms with Crippen LogP contribution in [0.3, 0.4) is 0 Å². The molecule has 94 valence electrons. The lowest BCUT2D eigenvalue weighted by Gasteiger charge is -2.24. The zero-order valence-electron chi connectivity index (χ0n) is 10.4. The number of ether oxygens (including phenoxy) is 2. The van der Waals surface area contributed by atoms with Gasteiger partial charge in [-0.1, -0.05) is 6.58 Å². The van der Waals surface area contributed by atoms with Crippen molar-refractivity contribution >= 4 is 12.1 Å². The molecule has 2 fully saturated rings. The van der Waals surface area contributed by atoms with Crippen molar-refractivity contribution < 1.29 is 19.1 Å². The number of likely N-dealkylation sites (tertiary alicyclic amines) is 1. The molecular formula is C12H17NO4. The van der Waals surface area contributed by atoms with Crippen LogP contribution in [0.2, 0.25) is 0 Å². The summed E-state index contributed by atoms with van der Waals surface area (Å²) in [7, 11) is 0. The van der Waals surface area contributed by atoms with Gasteiger partial charge in [0, 0.05) is 18.0 Å². The minimum atomic E-state index is -0.511. The number of hydrogen-bond acceptors (Lipinski definition) is 4. The standard InChI is InChI=1S/C12H17NO4/c1-7-8-5-13(6-9(8)16-10(7)14)11(15)17-12(2,3)4/h8-9H,1,5-6H2,2-4H3. The number of fused-ring (bicyclic) bond motifs is 1. The maximum absolute atomic E-state index is 11.8. The molecule has 0 aromatic carbocycles. The summed E-state index contributed by atoms with van der Waals surface area (Å²) in [6.07, 6.45) is -0.613. The summed E-state index contributed by atoms with van der Waals surface area (Å²) in [5.74, 6) is -0.418. The fraction of sp³-hybridized carbons (Fsp3) is 0.667. The van der Waals surface area contributed by atoms with E-state index in [0.29, 0.717) is 18.7 Å². The lowest BCUT2D eigenvalue weighted by molar-refractivity contribution is -0.138. The summed E-state index contributed by atoms with van der Waals surface area (Å²) in [5.41, 5.74) is -0.0521. The van der Waals surface area contributed by atoms with E-state index in [1.54, 1.807) is 4.90 Å². The maximum atomic E-state index is 11.8. The van der Waals surface area contributed by atoms with Crippen molar-refractivity contribution in [2.24, 2.45) is 5.92 Å². The van der Waals surface area contributed by atoms with E-state index in [2.05, 4.69) is 6.58 Å². The highest BCUT2D eigenvalue weighted by Gasteiger charge is 2.47. The summed E-state index contributed by atoms with van der Waals surface area (Å²) in [6, 6.07) is 0. The summed E-state index contributed by atoms with van der Waals surface area (Å²) in [6.45, 7) is 10.00. The SMILES string of the molecule is C=C1C(=O)OC2CN(C(=O)OC(C)(C)C)CC12. The highest BCUT2D eigenvalue weighted by molar-refractivity contribution is 5.91. The van der Waals surface area contributed by atoms with E-state index in [1.165, 1.54) is 0 Å². The Morgan fingerprint density at radius 3 is 2.65 bits per heavy atom. The number of nitrogens with zero attached hydrogens (tertiary/aromatic N) is 1. The van der Waals surface area contributed by atoms with Crippen LogP contribution in [0.5, 0.6) is 0 Å². The fourth-order valence-corrected chi connectivity index (χ4v) is 2.07. The van der Waals surface area contributed by atoms with Gasteiger partial charge in [-0.05, 0) is 20.8 Å². The Hall–Kier alpha value is -1.52. The number of carbonyl (C=O) groups excluding carboxylic acids is 2. The monoisotopic (exact) mass is 239 g/mol. The number of rotatable bonds is 0. The van der Waals surface area contributed by atoms with Gasteiger partial charge in [0.1, 0.15) is 11.7 Å². The summed E-state index contributed by atoms with van der Waals surface area (Å²) in [5, 5.41) is 0. The Morgan fingerprint density at radius 2 is 2.12 bits per heavy atom. The summed E-state index contributed by atoms with van der Waals surface area (Å²) < 4.78 is 10.4. The van der Waals surface area contributed by atoms with E-state index >= 15 is 0 Å². The van der Waals surface area contributed by atoms with Gasteiger partial charge in [0.2, 0.25) is 0 Å². The quantitative estimate of drug-likeness (QED) is 0.473. The predicted molar refractivity (Wildman–Crippen MR) is 60.3 cm³/mol. The van der Waals surface area contributed by atoms with Crippen molar-refractivity contribution in [2.45, 2.75) is 32.5 Å². The van der Waals surface area contributed by atoms with Crippen LogP contribution >= 0.6 is 0 Å². The number of carbonyl (C=O) groups is 2. The minimum Gasteiger partial charge on any atom is -0.456 e. The highest BCUT2D eigenvalue weighted by atomic mass is 16.6. The largest absolute Gasteiger partial charge is 0.456 e. The van der Waals surface area contributed by atoms with Crippen LogP contribution in [-0.2, 0) is 14.3 Å². The van der Waals surface area contributed by atoms with Crippen molar-refractivity contribution in [3.63, 3.8) is 0 Å². The summed E-state index contributed by atoms with van der Waals surface area (Å²) >= 11 is 0. The van der Waals surface area contributed by atoms with Crippen LogP contribution in [0, 0.1) is 5.92 Å². The Labute approximate surface area is 100 Å². The number of amides is 1. The first-order chi connectivity index (χ1) is 7.78. The molecule has 0 radical (unpaired) electrons. The highest BCUT2D eigenvalue weighted by Crippen LogP contribution is 2.33. The molecule has 0 N–H and O–H groups in total. The molecule has 2 aliphatic heterocycles. The van der Waals surface area contributed by atoms with E-state index in [4.69, 9.17) is 9.47 Å². The lowest BCUT2D eigenvalue weighted by Crippen LogP contribution is -2.36. The third-order valence-corrected chi connectivity index (χ3v) is 2.89. The molecule has 2 unspecified atom stereocenters. The van der Waals surface area contributed by atoms with Crippen molar-refractivity contribution in [1.29, 1.82) is 0 Å². The number of hydrogen-bond donors (Lipinski definition) is 0. The molecule has 0 aliphatic carbocycles. The van der Waals surface area contributed by atoms with Crippen molar-refractivity contribution in [3.8, 4) is 0 Å². The molecule has 2 atom stereocenters. The molecule has 2 heterocycles. The minimum absolute atomic E-state index is 0.0741. The fourth-order valence-electron chi connectivity index (χ4n) is 2.07. The Bertz CT molecular complexity index is 382.